The largest absolute Gasteiger partial charge is 0.460 e. The predicted octanol–water partition coefficient (Wildman–Crippen LogP) is 3.89. The Hall–Kier alpha value is -7.24. The summed E-state index contributed by atoms with van der Waals surface area (Å²) in [5.41, 5.74) is 0.782. The number of hydrogen-bond donors (Lipinski definition) is 6. The summed E-state index contributed by atoms with van der Waals surface area (Å²) in [6.07, 6.45) is -1.79. The molecule has 0 saturated carbocycles. The number of carbonyl (C=O) groups excluding carboxylic acids is 3. The van der Waals surface area contributed by atoms with Crippen molar-refractivity contribution < 1.29 is 63.7 Å². The smallest absolute Gasteiger partial charge is 0.415 e. The van der Waals surface area contributed by atoms with Crippen LogP contribution in [0.5, 0.6) is 17.2 Å². The molecular formula is C53H66F2N10O13S2. The molecule has 0 bridgehead atoms. The van der Waals surface area contributed by atoms with Gasteiger partial charge in [0.1, 0.15) is 22.8 Å². The van der Waals surface area contributed by atoms with Crippen LogP contribution in [0.15, 0.2) is 87.6 Å². The molecule has 2 aliphatic heterocycles. The Labute approximate surface area is 462 Å². The number of amides is 3. The summed E-state index contributed by atoms with van der Waals surface area (Å²) >= 11 is 0. The number of likely N-dealkylation sites (N-methyl/N-ethyl adjacent to an activating group) is 3. The Kier molecular flexibility index (Phi) is 19.6. The molecule has 2 aliphatic rings. The van der Waals surface area contributed by atoms with E-state index in [1.165, 1.54) is 90.4 Å². The van der Waals surface area contributed by atoms with Gasteiger partial charge in [0, 0.05) is 129 Å². The van der Waals surface area contributed by atoms with Crippen LogP contribution in [0.3, 0.4) is 0 Å². The molecule has 27 heteroatoms. The van der Waals surface area contributed by atoms with Gasteiger partial charge in [0.15, 0.2) is 11.6 Å². The molecule has 1 atom stereocenters. The lowest BCUT2D eigenvalue weighted by Gasteiger charge is -2.38. The normalized spacial score (nSPS) is 15.1. The van der Waals surface area contributed by atoms with Crippen LogP contribution in [0, 0.1) is 11.6 Å². The molecule has 23 nitrogen and oxygen atoms in total. The van der Waals surface area contributed by atoms with E-state index in [1.807, 2.05) is 7.05 Å². The van der Waals surface area contributed by atoms with E-state index in [-0.39, 0.29) is 95.3 Å². The Morgan fingerprint density at radius 1 is 0.750 bits per heavy atom. The summed E-state index contributed by atoms with van der Waals surface area (Å²) in [6, 6.07) is 17.8. The Morgan fingerprint density at radius 3 is 1.94 bits per heavy atom. The SMILES string of the molecule is CNS(=O)(=O)Nc1cccc(CC2=C(CN3CCC(N(C)CCN(C)C(=O)Oc4ccc5c(CNCC(=O)N(C)C)c(Cc6cccc(NS(=O)(=O)NC)c6F)c(=O)oc5c4)CC3)c3ccc(OC(=O)N(C)C)cc3OC2O)c1F. The molecule has 3 amide bonds. The van der Waals surface area contributed by atoms with Crippen molar-refractivity contribution in [3.8, 4) is 17.2 Å². The molecule has 1 fully saturated rings. The highest BCUT2D eigenvalue weighted by Crippen LogP contribution is 2.40. The molecule has 1 unspecified atom stereocenters. The van der Waals surface area contributed by atoms with Gasteiger partial charge in [0.2, 0.25) is 12.2 Å². The predicted molar refractivity (Wildman–Crippen MR) is 296 cm³/mol. The van der Waals surface area contributed by atoms with Crippen LogP contribution in [0.25, 0.3) is 16.5 Å². The first-order valence-corrected chi connectivity index (χ1v) is 28.3. The van der Waals surface area contributed by atoms with Gasteiger partial charge in [-0.25, -0.2) is 32.6 Å². The van der Waals surface area contributed by atoms with Crippen molar-refractivity contribution in [2.75, 3.05) is 105 Å². The van der Waals surface area contributed by atoms with Gasteiger partial charge in [-0.05, 0) is 91.6 Å². The number of likely N-dealkylation sites (tertiary alicyclic amines) is 1. The van der Waals surface area contributed by atoms with Gasteiger partial charge in [-0.2, -0.15) is 16.8 Å². The summed E-state index contributed by atoms with van der Waals surface area (Å²) < 4.78 is 112. The molecule has 432 valence electrons. The summed E-state index contributed by atoms with van der Waals surface area (Å²) in [7, 11) is 4.07. The maximum absolute atomic E-state index is 15.9. The molecule has 4 aromatic carbocycles. The van der Waals surface area contributed by atoms with E-state index >= 15 is 8.78 Å². The molecule has 0 aliphatic carbocycles. The van der Waals surface area contributed by atoms with Crippen LogP contribution in [0.4, 0.5) is 29.7 Å². The van der Waals surface area contributed by atoms with Crippen LogP contribution < -0.4 is 44.0 Å². The van der Waals surface area contributed by atoms with Crippen LogP contribution in [0.2, 0.25) is 0 Å². The van der Waals surface area contributed by atoms with Crippen molar-refractivity contribution in [1.82, 2.24) is 39.3 Å². The van der Waals surface area contributed by atoms with Gasteiger partial charge in [0.25, 0.3) is 20.4 Å². The van der Waals surface area contributed by atoms with E-state index in [1.54, 1.807) is 39.3 Å². The summed E-state index contributed by atoms with van der Waals surface area (Å²) in [6.45, 7) is 2.23. The number of aliphatic hydroxyl groups is 1. The average molecular weight is 1150 g/mol. The summed E-state index contributed by atoms with van der Waals surface area (Å²) in [5, 5.41) is 15.0. The minimum absolute atomic E-state index is 0.00473. The van der Waals surface area contributed by atoms with Crippen LogP contribution in [0.1, 0.15) is 40.7 Å². The number of piperidine rings is 1. The first-order valence-electron chi connectivity index (χ1n) is 25.3. The second-order valence-corrected chi connectivity index (χ2v) is 22.8. The van der Waals surface area contributed by atoms with Gasteiger partial charge in [0.05, 0.1) is 17.9 Å². The van der Waals surface area contributed by atoms with Crippen molar-refractivity contribution in [1.29, 1.82) is 0 Å². The second-order valence-electron chi connectivity index (χ2n) is 19.6. The highest BCUT2D eigenvalue weighted by atomic mass is 32.2. The highest BCUT2D eigenvalue weighted by Gasteiger charge is 2.32. The first kappa shape index (κ1) is 60.4. The van der Waals surface area contributed by atoms with E-state index in [0.29, 0.717) is 53.8 Å². The van der Waals surface area contributed by atoms with Crippen molar-refractivity contribution >= 4 is 66.4 Å². The lowest BCUT2D eigenvalue weighted by molar-refractivity contribution is -0.127. The minimum Gasteiger partial charge on any atom is -0.460 e. The van der Waals surface area contributed by atoms with Gasteiger partial charge in [-0.3, -0.25) is 19.1 Å². The van der Waals surface area contributed by atoms with Crippen molar-refractivity contribution in [3.05, 3.63) is 128 Å². The number of nitrogens with one attached hydrogen (secondary N) is 5. The number of anilines is 2. The standard InChI is InChI=1S/C53H66F2N10O13S2/c1-56-79(71,72)59-43-13-9-11-32(48(43)54)25-39-41(29-58-30-47(66)61(3)4)37-17-15-36(28-45(37)77-50(39)67)76-53(70)64(8)24-23-63(7)34-19-21-65(22-20-34)31-42-38-18-16-35(75-52(69)62(5)6)27-46(38)78-51(68)40(42)26-33-12-10-14-44(49(33)55)60-80(73,74)57-2/h9-18,27-28,34,51,56-60,68H,19-26,29-31H2,1-8H3. The molecule has 6 N–H and O–H groups in total. The number of ether oxygens (including phenoxy) is 3. The molecule has 1 aromatic heterocycles. The quantitative estimate of drug-likeness (QED) is 0.0537. The van der Waals surface area contributed by atoms with Gasteiger partial charge in [-0.1, -0.05) is 24.3 Å². The van der Waals surface area contributed by atoms with E-state index in [0.717, 1.165) is 19.9 Å². The van der Waals surface area contributed by atoms with Gasteiger partial charge < -0.3 is 48.7 Å². The first-order chi connectivity index (χ1) is 37.9. The number of carbonyl (C=O) groups is 3. The molecule has 80 heavy (non-hydrogen) atoms. The van der Waals surface area contributed by atoms with Crippen molar-refractivity contribution in [3.63, 3.8) is 0 Å². The van der Waals surface area contributed by atoms with Crippen molar-refractivity contribution in [2.24, 2.45) is 0 Å². The molecule has 0 radical (unpaired) electrons. The lowest BCUT2D eigenvalue weighted by Crippen LogP contribution is -2.46. The zero-order valence-electron chi connectivity index (χ0n) is 45.5. The Balaban J connectivity index is 1.01. The van der Waals surface area contributed by atoms with E-state index in [4.69, 9.17) is 18.6 Å². The maximum Gasteiger partial charge on any atom is 0.415 e. The van der Waals surface area contributed by atoms with Gasteiger partial charge in [-0.15, -0.1) is 0 Å². The molecule has 0 spiro atoms. The molecule has 5 aromatic rings. The fraction of sp³-hybridized carbons (Fsp3) is 0.396. The van der Waals surface area contributed by atoms with E-state index in [9.17, 15) is 41.1 Å². The molecule has 3 heterocycles. The topological polar surface area (TPSA) is 274 Å². The fourth-order valence-electron chi connectivity index (χ4n) is 9.06. The summed E-state index contributed by atoms with van der Waals surface area (Å²) in [4.78, 5) is 60.4. The molecular weight excluding hydrogens is 1090 g/mol. The van der Waals surface area contributed by atoms with Crippen LogP contribution in [-0.2, 0) is 44.6 Å². The van der Waals surface area contributed by atoms with E-state index in [2.05, 4.69) is 34.0 Å². The summed E-state index contributed by atoms with van der Waals surface area (Å²) in [5.74, 6) is -1.46. The highest BCUT2D eigenvalue weighted by molar-refractivity contribution is 7.91. The van der Waals surface area contributed by atoms with Crippen LogP contribution in [-0.4, -0.2) is 173 Å². The fourth-order valence-corrected chi connectivity index (χ4v) is 10.2. The van der Waals surface area contributed by atoms with E-state index < -0.39 is 56.2 Å². The molecule has 7 rings (SSSR count). The third kappa shape index (κ3) is 15.0. The zero-order chi connectivity index (χ0) is 58.2. The average Bonchev–Trinajstić information content (AvgIpc) is 3.42. The Morgan fingerprint density at radius 2 is 1.34 bits per heavy atom. The maximum atomic E-state index is 15.9. The number of hydrogen-bond acceptors (Lipinski definition) is 16. The van der Waals surface area contributed by atoms with Gasteiger partial charge >= 0.3 is 17.8 Å². The third-order valence-electron chi connectivity index (χ3n) is 13.7. The number of fused-ring (bicyclic) bond motifs is 2. The lowest BCUT2D eigenvalue weighted by atomic mass is 9.90. The number of rotatable bonds is 22. The number of benzene rings is 4. The number of nitrogens with zero attached hydrogens (tertiary/aromatic N) is 5. The Bertz CT molecular complexity index is 3450. The van der Waals surface area contributed by atoms with Crippen molar-refractivity contribution in [2.45, 2.75) is 44.6 Å². The van der Waals surface area contributed by atoms with Crippen LogP contribution >= 0.6 is 0 Å². The minimum atomic E-state index is -4.06. The third-order valence-corrected chi connectivity index (χ3v) is 15.8. The number of halogens is 2. The monoisotopic (exact) mass is 1150 g/mol. The number of aliphatic hydroxyl groups excluding tert-OH is 1. The second kappa shape index (κ2) is 25.9. The molecule has 1 saturated heterocycles. The zero-order valence-corrected chi connectivity index (χ0v) is 47.1.